The summed E-state index contributed by atoms with van der Waals surface area (Å²) in [6.07, 6.45) is 1.05. The van der Waals surface area contributed by atoms with Gasteiger partial charge in [0.05, 0.1) is 5.69 Å². The molecule has 20 heavy (non-hydrogen) atoms. The van der Waals surface area contributed by atoms with E-state index in [0.717, 1.165) is 23.4 Å². The van der Waals surface area contributed by atoms with Crippen molar-refractivity contribution in [2.45, 2.75) is 50.6 Å². The fourth-order valence-corrected chi connectivity index (χ4v) is 2.96. The van der Waals surface area contributed by atoms with Gasteiger partial charge in [-0.2, -0.15) is 0 Å². The molecule has 0 aliphatic heterocycles. The molecule has 108 valence electrons. The molecule has 0 aliphatic carbocycles. The molecule has 2 rings (SSSR count). The molecule has 0 radical (unpaired) electrons. The van der Waals surface area contributed by atoms with Crippen LogP contribution >= 0.6 is 11.8 Å². The molecule has 1 aromatic heterocycles. The predicted molar refractivity (Wildman–Crippen MR) is 84.0 cm³/mol. The highest BCUT2D eigenvalue weighted by Crippen LogP contribution is 2.31. The van der Waals surface area contributed by atoms with Gasteiger partial charge in [-0.25, -0.2) is 4.98 Å². The largest absolute Gasteiger partial charge is 0.437 e. The molecule has 0 fully saturated rings. The fraction of sp³-hybridized carbons (Fsp3) is 0.438. The van der Waals surface area contributed by atoms with Crippen LogP contribution in [0.25, 0.3) is 0 Å². The molecule has 2 atom stereocenters. The molecule has 0 saturated carbocycles. The Morgan fingerprint density at radius 1 is 1.25 bits per heavy atom. The maximum absolute atomic E-state index is 6.33. The standard InChI is InChI=1S/C16H22N2OS/c1-5-13-6-8-14(9-7-13)15(17)12(4)20-16-18-10(2)11(3)19-16/h6-9,12,15H,5,17H2,1-4H3. The Morgan fingerprint density at radius 2 is 1.90 bits per heavy atom. The zero-order valence-electron chi connectivity index (χ0n) is 12.5. The van der Waals surface area contributed by atoms with Crippen LogP contribution in [-0.2, 0) is 6.42 Å². The van der Waals surface area contributed by atoms with E-state index in [1.807, 2.05) is 13.8 Å². The normalized spacial score (nSPS) is 14.2. The third kappa shape index (κ3) is 3.44. The molecular weight excluding hydrogens is 268 g/mol. The van der Waals surface area contributed by atoms with Gasteiger partial charge in [0.2, 0.25) is 0 Å². The second-order valence-electron chi connectivity index (χ2n) is 5.07. The maximum atomic E-state index is 6.33. The van der Waals surface area contributed by atoms with E-state index in [2.05, 4.69) is 43.1 Å². The minimum atomic E-state index is -0.0292. The first kappa shape index (κ1) is 15.1. The highest BCUT2D eigenvalue weighted by atomic mass is 32.2. The molecule has 1 heterocycles. The van der Waals surface area contributed by atoms with E-state index in [4.69, 9.17) is 10.2 Å². The SMILES string of the molecule is CCc1ccc(C(N)C(C)Sc2nc(C)c(C)o2)cc1. The molecule has 3 nitrogen and oxygen atoms in total. The molecule has 2 N–H and O–H groups in total. The first-order valence-electron chi connectivity index (χ1n) is 6.96. The summed E-state index contributed by atoms with van der Waals surface area (Å²) in [7, 11) is 0. The summed E-state index contributed by atoms with van der Waals surface area (Å²) >= 11 is 1.59. The van der Waals surface area contributed by atoms with Crippen LogP contribution < -0.4 is 5.73 Å². The summed E-state index contributed by atoms with van der Waals surface area (Å²) in [6, 6.07) is 8.50. The summed E-state index contributed by atoms with van der Waals surface area (Å²) in [5.41, 5.74) is 9.77. The van der Waals surface area contributed by atoms with E-state index in [9.17, 15) is 0 Å². The number of benzene rings is 1. The molecular formula is C16H22N2OS. The number of rotatable bonds is 5. The van der Waals surface area contributed by atoms with Crippen LogP contribution in [0.5, 0.6) is 0 Å². The quantitative estimate of drug-likeness (QED) is 0.845. The Morgan fingerprint density at radius 3 is 2.40 bits per heavy atom. The lowest BCUT2D eigenvalue weighted by atomic mass is 10.0. The van der Waals surface area contributed by atoms with Gasteiger partial charge in [0.25, 0.3) is 5.22 Å². The topological polar surface area (TPSA) is 52.0 Å². The van der Waals surface area contributed by atoms with Crippen molar-refractivity contribution in [2.75, 3.05) is 0 Å². The van der Waals surface area contributed by atoms with Crippen LogP contribution in [0.4, 0.5) is 0 Å². The smallest absolute Gasteiger partial charge is 0.256 e. The number of thioether (sulfide) groups is 1. The van der Waals surface area contributed by atoms with Crippen molar-refractivity contribution in [2.24, 2.45) is 5.73 Å². The average molecular weight is 290 g/mol. The first-order chi connectivity index (χ1) is 9.51. The summed E-state index contributed by atoms with van der Waals surface area (Å²) in [5, 5.41) is 0.910. The maximum Gasteiger partial charge on any atom is 0.256 e. The second kappa shape index (κ2) is 6.46. The number of hydrogen-bond acceptors (Lipinski definition) is 4. The van der Waals surface area contributed by atoms with Crippen molar-refractivity contribution >= 4 is 11.8 Å². The van der Waals surface area contributed by atoms with Gasteiger partial charge in [0.15, 0.2) is 0 Å². The van der Waals surface area contributed by atoms with Crippen molar-refractivity contribution in [3.8, 4) is 0 Å². The van der Waals surface area contributed by atoms with E-state index in [0.29, 0.717) is 5.22 Å². The van der Waals surface area contributed by atoms with Gasteiger partial charge in [0, 0.05) is 11.3 Å². The lowest BCUT2D eigenvalue weighted by molar-refractivity contribution is 0.429. The van der Waals surface area contributed by atoms with Gasteiger partial charge in [0.1, 0.15) is 5.76 Å². The third-order valence-corrected chi connectivity index (χ3v) is 4.62. The van der Waals surface area contributed by atoms with E-state index in [1.54, 1.807) is 11.8 Å². The first-order valence-corrected chi connectivity index (χ1v) is 7.84. The van der Waals surface area contributed by atoms with Crippen LogP contribution in [0, 0.1) is 13.8 Å². The molecule has 1 aromatic carbocycles. The second-order valence-corrected chi connectivity index (χ2v) is 6.39. The lowest BCUT2D eigenvalue weighted by Gasteiger charge is -2.18. The van der Waals surface area contributed by atoms with Gasteiger partial charge in [-0.3, -0.25) is 0 Å². The fourth-order valence-electron chi connectivity index (χ4n) is 1.97. The minimum Gasteiger partial charge on any atom is -0.437 e. The Labute approximate surface area is 125 Å². The van der Waals surface area contributed by atoms with E-state index in [-0.39, 0.29) is 11.3 Å². The van der Waals surface area contributed by atoms with E-state index < -0.39 is 0 Å². The van der Waals surface area contributed by atoms with Crippen LogP contribution in [0.3, 0.4) is 0 Å². The summed E-state index contributed by atoms with van der Waals surface area (Å²) < 4.78 is 5.60. The van der Waals surface area contributed by atoms with Crippen molar-refractivity contribution in [3.05, 3.63) is 46.8 Å². The summed E-state index contributed by atoms with van der Waals surface area (Å²) in [6.45, 7) is 8.15. The summed E-state index contributed by atoms with van der Waals surface area (Å²) in [5.74, 6) is 0.876. The Hall–Kier alpha value is -1.26. The number of aryl methyl sites for hydroxylation is 3. The number of hydrogen-bond donors (Lipinski definition) is 1. The van der Waals surface area contributed by atoms with Crippen LogP contribution in [0.15, 0.2) is 33.9 Å². The highest BCUT2D eigenvalue weighted by Gasteiger charge is 2.19. The lowest BCUT2D eigenvalue weighted by Crippen LogP contribution is -2.21. The van der Waals surface area contributed by atoms with Crippen LogP contribution in [0.2, 0.25) is 0 Å². The van der Waals surface area contributed by atoms with Gasteiger partial charge in [-0.05, 0) is 31.4 Å². The van der Waals surface area contributed by atoms with Crippen molar-refractivity contribution in [1.29, 1.82) is 0 Å². The Bertz CT molecular complexity index is 543. The Kier molecular flexibility index (Phi) is 4.89. The van der Waals surface area contributed by atoms with Crippen molar-refractivity contribution in [1.82, 2.24) is 4.98 Å². The third-order valence-electron chi connectivity index (χ3n) is 3.57. The molecule has 0 aliphatic rings. The molecule has 0 bridgehead atoms. The molecule has 0 saturated heterocycles. The number of nitrogens with zero attached hydrogens (tertiary/aromatic N) is 1. The zero-order chi connectivity index (χ0) is 14.7. The molecule has 0 amide bonds. The van der Waals surface area contributed by atoms with Crippen LogP contribution in [0.1, 0.15) is 42.5 Å². The van der Waals surface area contributed by atoms with Gasteiger partial charge >= 0.3 is 0 Å². The van der Waals surface area contributed by atoms with Gasteiger partial charge in [-0.1, -0.05) is 49.9 Å². The van der Waals surface area contributed by atoms with Gasteiger partial charge < -0.3 is 10.2 Å². The van der Waals surface area contributed by atoms with Crippen LogP contribution in [-0.4, -0.2) is 10.2 Å². The number of oxazole rings is 1. The zero-order valence-corrected chi connectivity index (χ0v) is 13.3. The van der Waals surface area contributed by atoms with Gasteiger partial charge in [-0.15, -0.1) is 0 Å². The molecule has 2 unspecified atom stereocenters. The van der Waals surface area contributed by atoms with E-state index >= 15 is 0 Å². The predicted octanol–water partition coefficient (Wildman–Crippen LogP) is 4.03. The van der Waals surface area contributed by atoms with Crippen molar-refractivity contribution < 1.29 is 4.42 Å². The molecule has 4 heteroatoms. The summed E-state index contributed by atoms with van der Waals surface area (Å²) in [4.78, 5) is 4.39. The Balaban J connectivity index is 2.05. The van der Waals surface area contributed by atoms with E-state index in [1.165, 1.54) is 5.56 Å². The molecule has 0 spiro atoms. The molecule has 2 aromatic rings. The minimum absolute atomic E-state index is 0.0292. The number of nitrogens with two attached hydrogens (primary N) is 1. The number of aromatic nitrogens is 1. The van der Waals surface area contributed by atoms with Crippen molar-refractivity contribution in [3.63, 3.8) is 0 Å². The monoisotopic (exact) mass is 290 g/mol. The highest BCUT2D eigenvalue weighted by molar-refractivity contribution is 7.99. The average Bonchev–Trinajstić information content (AvgIpc) is 2.76.